The molecule has 1 fully saturated rings. The van der Waals surface area contributed by atoms with E-state index in [-0.39, 0.29) is 17.3 Å². The van der Waals surface area contributed by atoms with Crippen LogP contribution in [-0.2, 0) is 17.5 Å². The first-order valence-electron chi connectivity index (χ1n) is 8.83. The summed E-state index contributed by atoms with van der Waals surface area (Å²) in [5.41, 5.74) is 0.531. The van der Waals surface area contributed by atoms with E-state index in [2.05, 4.69) is 15.6 Å². The van der Waals surface area contributed by atoms with E-state index in [0.717, 1.165) is 11.6 Å². The fourth-order valence-corrected chi connectivity index (χ4v) is 3.33. The van der Waals surface area contributed by atoms with Crippen LogP contribution in [0.1, 0.15) is 29.0 Å². The van der Waals surface area contributed by atoms with Gasteiger partial charge in [-0.3, -0.25) is 4.79 Å². The molecule has 5 nitrogen and oxygen atoms in total. The molecule has 1 aliphatic rings. The van der Waals surface area contributed by atoms with Gasteiger partial charge >= 0.3 is 6.18 Å². The van der Waals surface area contributed by atoms with E-state index in [1.165, 1.54) is 12.1 Å². The first-order valence-corrected chi connectivity index (χ1v) is 8.83. The van der Waals surface area contributed by atoms with Gasteiger partial charge in [-0.1, -0.05) is 53.7 Å². The van der Waals surface area contributed by atoms with Gasteiger partial charge in [-0.05, 0) is 29.5 Å². The van der Waals surface area contributed by atoms with E-state index in [0.29, 0.717) is 13.0 Å². The summed E-state index contributed by atoms with van der Waals surface area (Å²) in [4.78, 5) is 12.4. The molecule has 1 aromatic heterocycles. The lowest BCUT2D eigenvalue weighted by molar-refractivity contribution is -0.138. The van der Waals surface area contributed by atoms with Crippen molar-refractivity contribution >= 4 is 11.7 Å². The standard InChI is InChI=1S/C20H17F3N4O/c21-20(22,23)17-9-5-4-8-14(17)15-10-16(15)19(28)24-18-12-27(26-25-18)11-13-6-2-1-3-7-13/h1-9,12,15-16H,10-11H2,(H,24,28)/t15-,16-/m0/s1. The molecule has 0 spiro atoms. The number of hydrogen-bond acceptors (Lipinski definition) is 3. The molecule has 3 aromatic rings. The minimum absolute atomic E-state index is 0.169. The van der Waals surface area contributed by atoms with Crippen LogP contribution in [0.4, 0.5) is 19.0 Å². The largest absolute Gasteiger partial charge is 0.416 e. The third kappa shape index (κ3) is 3.90. The lowest BCUT2D eigenvalue weighted by atomic mass is 10.0. The normalized spacial score (nSPS) is 18.7. The van der Waals surface area contributed by atoms with Crippen LogP contribution < -0.4 is 5.32 Å². The highest BCUT2D eigenvalue weighted by Crippen LogP contribution is 2.51. The molecule has 0 bridgehead atoms. The molecule has 4 rings (SSSR count). The van der Waals surface area contributed by atoms with Crippen LogP contribution in [0.2, 0.25) is 0 Å². The Morgan fingerprint density at radius 3 is 2.57 bits per heavy atom. The van der Waals surface area contributed by atoms with E-state index in [1.807, 2.05) is 30.3 Å². The van der Waals surface area contributed by atoms with Crippen LogP contribution >= 0.6 is 0 Å². The maximum absolute atomic E-state index is 13.2. The molecule has 0 saturated heterocycles. The molecule has 0 aliphatic heterocycles. The zero-order chi connectivity index (χ0) is 19.7. The molecule has 0 unspecified atom stereocenters. The summed E-state index contributed by atoms with van der Waals surface area (Å²) in [6.45, 7) is 0.509. The molecule has 1 N–H and O–H groups in total. The maximum atomic E-state index is 13.2. The Morgan fingerprint density at radius 2 is 1.82 bits per heavy atom. The predicted octanol–water partition coefficient (Wildman–Crippen LogP) is 4.09. The molecule has 144 valence electrons. The minimum Gasteiger partial charge on any atom is -0.308 e. The highest BCUT2D eigenvalue weighted by molar-refractivity contribution is 5.94. The third-order valence-electron chi connectivity index (χ3n) is 4.77. The number of aromatic nitrogens is 3. The summed E-state index contributed by atoms with van der Waals surface area (Å²) < 4.78 is 41.1. The number of rotatable bonds is 5. The fourth-order valence-electron chi connectivity index (χ4n) is 3.33. The van der Waals surface area contributed by atoms with Gasteiger partial charge in [-0.2, -0.15) is 13.2 Å². The Morgan fingerprint density at radius 1 is 1.11 bits per heavy atom. The Bertz CT molecular complexity index is 984. The van der Waals surface area contributed by atoms with Crippen LogP contribution in [0, 0.1) is 5.92 Å². The van der Waals surface area contributed by atoms with E-state index >= 15 is 0 Å². The third-order valence-corrected chi connectivity index (χ3v) is 4.77. The number of nitrogens with one attached hydrogen (secondary N) is 1. The lowest BCUT2D eigenvalue weighted by Crippen LogP contribution is -2.16. The summed E-state index contributed by atoms with van der Waals surface area (Å²) in [6.07, 6.45) is -2.44. The van der Waals surface area contributed by atoms with Crippen molar-refractivity contribution in [3.8, 4) is 0 Å². The zero-order valence-electron chi connectivity index (χ0n) is 14.7. The second-order valence-electron chi connectivity index (χ2n) is 6.81. The number of benzene rings is 2. The van der Waals surface area contributed by atoms with Crippen molar-refractivity contribution in [1.29, 1.82) is 0 Å². The predicted molar refractivity (Wildman–Crippen MR) is 96.5 cm³/mol. The average molecular weight is 386 g/mol. The van der Waals surface area contributed by atoms with Gasteiger partial charge in [0, 0.05) is 5.92 Å². The van der Waals surface area contributed by atoms with Crippen molar-refractivity contribution < 1.29 is 18.0 Å². The summed E-state index contributed by atoms with van der Waals surface area (Å²) in [6, 6.07) is 15.1. The second-order valence-corrected chi connectivity index (χ2v) is 6.81. The zero-order valence-corrected chi connectivity index (χ0v) is 14.7. The molecule has 1 saturated carbocycles. The monoisotopic (exact) mass is 386 g/mol. The molecule has 28 heavy (non-hydrogen) atoms. The van der Waals surface area contributed by atoms with Crippen LogP contribution in [0.25, 0.3) is 0 Å². The molecular formula is C20H17F3N4O. The van der Waals surface area contributed by atoms with Gasteiger partial charge in [-0.25, -0.2) is 4.68 Å². The maximum Gasteiger partial charge on any atom is 0.416 e. The van der Waals surface area contributed by atoms with Gasteiger partial charge in [-0.15, -0.1) is 5.10 Å². The molecule has 2 aromatic carbocycles. The minimum atomic E-state index is -4.43. The summed E-state index contributed by atoms with van der Waals surface area (Å²) in [7, 11) is 0. The highest BCUT2D eigenvalue weighted by Gasteiger charge is 2.47. The number of amides is 1. The van der Waals surface area contributed by atoms with Crippen molar-refractivity contribution in [3.63, 3.8) is 0 Å². The molecule has 1 heterocycles. The van der Waals surface area contributed by atoms with Gasteiger partial charge in [0.05, 0.1) is 18.3 Å². The summed E-state index contributed by atoms with van der Waals surface area (Å²) in [5.74, 6) is -0.982. The van der Waals surface area contributed by atoms with Crippen molar-refractivity contribution in [2.45, 2.75) is 25.1 Å². The Hall–Kier alpha value is -3.16. The van der Waals surface area contributed by atoms with Gasteiger partial charge < -0.3 is 5.32 Å². The van der Waals surface area contributed by atoms with Crippen LogP contribution in [0.5, 0.6) is 0 Å². The van der Waals surface area contributed by atoms with Gasteiger partial charge in [0.2, 0.25) is 5.91 Å². The van der Waals surface area contributed by atoms with Crippen molar-refractivity contribution in [2.75, 3.05) is 5.32 Å². The molecular weight excluding hydrogens is 369 g/mol. The molecule has 1 amide bonds. The number of anilines is 1. The smallest absolute Gasteiger partial charge is 0.308 e. The van der Waals surface area contributed by atoms with Crippen LogP contribution in [0.15, 0.2) is 60.8 Å². The number of carbonyl (C=O) groups is 1. The first-order chi connectivity index (χ1) is 13.4. The fraction of sp³-hybridized carbons (Fsp3) is 0.250. The van der Waals surface area contributed by atoms with Crippen molar-refractivity contribution in [2.24, 2.45) is 5.92 Å². The van der Waals surface area contributed by atoms with Crippen LogP contribution in [-0.4, -0.2) is 20.9 Å². The highest BCUT2D eigenvalue weighted by atomic mass is 19.4. The number of alkyl halides is 3. The molecule has 0 radical (unpaired) electrons. The SMILES string of the molecule is O=C(Nc1cn(Cc2ccccc2)nn1)[C@H]1C[C@H]1c1ccccc1C(F)(F)F. The quantitative estimate of drug-likeness (QED) is 0.719. The molecule has 8 heteroatoms. The van der Waals surface area contributed by atoms with E-state index in [4.69, 9.17) is 0 Å². The van der Waals surface area contributed by atoms with Crippen LogP contribution in [0.3, 0.4) is 0 Å². The summed E-state index contributed by atoms with van der Waals surface area (Å²) >= 11 is 0. The number of hydrogen-bond donors (Lipinski definition) is 1. The van der Waals surface area contributed by atoms with Gasteiger partial charge in [0.1, 0.15) is 0 Å². The summed E-state index contributed by atoms with van der Waals surface area (Å²) in [5, 5.41) is 10.5. The van der Waals surface area contributed by atoms with E-state index in [9.17, 15) is 18.0 Å². The lowest BCUT2D eigenvalue weighted by Gasteiger charge is -2.12. The van der Waals surface area contributed by atoms with Crippen molar-refractivity contribution in [3.05, 3.63) is 77.5 Å². The Balaban J connectivity index is 1.40. The Labute approximate surface area is 159 Å². The Kier molecular flexibility index (Phi) is 4.62. The second kappa shape index (κ2) is 7.10. The first kappa shape index (κ1) is 18.2. The van der Waals surface area contributed by atoms with Crippen molar-refractivity contribution in [1.82, 2.24) is 15.0 Å². The molecule has 2 atom stereocenters. The van der Waals surface area contributed by atoms with E-state index < -0.39 is 23.6 Å². The van der Waals surface area contributed by atoms with E-state index in [1.54, 1.807) is 16.9 Å². The van der Waals surface area contributed by atoms with Gasteiger partial charge in [0.15, 0.2) is 5.82 Å². The number of carbonyl (C=O) groups excluding carboxylic acids is 1. The topological polar surface area (TPSA) is 59.8 Å². The number of halogens is 3. The average Bonchev–Trinajstić information content (AvgIpc) is 3.36. The van der Waals surface area contributed by atoms with Gasteiger partial charge in [0.25, 0.3) is 0 Å². The molecule has 1 aliphatic carbocycles. The number of nitrogens with zero attached hydrogens (tertiary/aromatic N) is 3.